The number of hydrogen-bond acceptors (Lipinski definition) is 5. The maximum absolute atomic E-state index is 12.3. The largest absolute Gasteiger partial charge is 0.298 e. The van der Waals surface area contributed by atoms with Gasteiger partial charge in [-0.1, -0.05) is 0 Å². The van der Waals surface area contributed by atoms with E-state index in [9.17, 15) is 4.79 Å². The standard InChI is InChI=1S/C14H14N4OS/c1-9-10(2)20-13(17-9)4-6-18-8-16-12-7-15-5-3-11(12)14(18)19/h3,5,7-8H,4,6H2,1-2H3. The first-order valence-electron chi connectivity index (χ1n) is 6.37. The summed E-state index contributed by atoms with van der Waals surface area (Å²) in [5, 5.41) is 1.66. The molecule has 3 aromatic rings. The van der Waals surface area contributed by atoms with Gasteiger partial charge in [0.15, 0.2) is 0 Å². The van der Waals surface area contributed by atoms with Crippen molar-refractivity contribution in [1.82, 2.24) is 19.5 Å². The molecule has 0 aliphatic rings. The van der Waals surface area contributed by atoms with E-state index < -0.39 is 0 Å². The Morgan fingerprint density at radius 1 is 1.35 bits per heavy atom. The Labute approximate surface area is 120 Å². The summed E-state index contributed by atoms with van der Waals surface area (Å²) in [5.41, 5.74) is 1.68. The zero-order valence-electron chi connectivity index (χ0n) is 11.3. The number of rotatable bonds is 3. The molecule has 0 atom stereocenters. The molecule has 3 heterocycles. The van der Waals surface area contributed by atoms with Gasteiger partial charge in [0.2, 0.25) is 0 Å². The molecule has 0 spiro atoms. The fraction of sp³-hybridized carbons (Fsp3) is 0.286. The molecule has 0 aromatic carbocycles. The van der Waals surface area contributed by atoms with Crippen LogP contribution >= 0.6 is 11.3 Å². The third-order valence-electron chi connectivity index (χ3n) is 3.27. The minimum Gasteiger partial charge on any atom is -0.298 e. The van der Waals surface area contributed by atoms with Gasteiger partial charge in [-0.15, -0.1) is 11.3 Å². The minimum atomic E-state index is -0.0256. The van der Waals surface area contributed by atoms with E-state index in [4.69, 9.17) is 0 Å². The van der Waals surface area contributed by atoms with Gasteiger partial charge in [0.05, 0.1) is 34.1 Å². The van der Waals surface area contributed by atoms with E-state index >= 15 is 0 Å². The van der Waals surface area contributed by atoms with Crippen LogP contribution in [0.4, 0.5) is 0 Å². The van der Waals surface area contributed by atoms with Crippen molar-refractivity contribution >= 4 is 22.2 Å². The van der Waals surface area contributed by atoms with Gasteiger partial charge in [-0.25, -0.2) is 9.97 Å². The molecule has 0 saturated carbocycles. The van der Waals surface area contributed by atoms with E-state index in [0.29, 0.717) is 17.4 Å². The van der Waals surface area contributed by atoms with Crippen LogP contribution in [0.15, 0.2) is 29.6 Å². The molecular weight excluding hydrogens is 272 g/mol. The number of aromatic nitrogens is 4. The van der Waals surface area contributed by atoms with Gasteiger partial charge in [0.1, 0.15) is 0 Å². The third kappa shape index (κ3) is 2.34. The molecule has 0 fully saturated rings. The van der Waals surface area contributed by atoms with Crippen LogP contribution in [0.5, 0.6) is 0 Å². The van der Waals surface area contributed by atoms with Crippen molar-refractivity contribution in [3.05, 3.63) is 50.7 Å². The number of fused-ring (bicyclic) bond motifs is 1. The van der Waals surface area contributed by atoms with Crippen molar-refractivity contribution in [2.75, 3.05) is 0 Å². The summed E-state index contributed by atoms with van der Waals surface area (Å²) in [4.78, 5) is 26.3. The monoisotopic (exact) mass is 286 g/mol. The fourth-order valence-corrected chi connectivity index (χ4v) is 2.95. The lowest BCUT2D eigenvalue weighted by atomic mass is 10.3. The average molecular weight is 286 g/mol. The van der Waals surface area contributed by atoms with Crippen LogP contribution in [-0.2, 0) is 13.0 Å². The molecule has 0 aliphatic heterocycles. The SMILES string of the molecule is Cc1nc(CCn2cnc3cnccc3c2=O)sc1C. The second-order valence-corrected chi connectivity index (χ2v) is 5.92. The number of hydrogen-bond donors (Lipinski definition) is 0. The maximum atomic E-state index is 12.3. The highest BCUT2D eigenvalue weighted by Gasteiger charge is 2.06. The molecule has 0 bridgehead atoms. The smallest absolute Gasteiger partial charge is 0.261 e. The summed E-state index contributed by atoms with van der Waals surface area (Å²) in [5.74, 6) is 0. The van der Waals surface area contributed by atoms with Crippen LogP contribution in [0.25, 0.3) is 10.9 Å². The van der Waals surface area contributed by atoms with E-state index in [1.165, 1.54) is 4.88 Å². The summed E-state index contributed by atoms with van der Waals surface area (Å²) in [7, 11) is 0. The van der Waals surface area contributed by atoms with Crippen molar-refractivity contribution in [3.8, 4) is 0 Å². The second kappa shape index (κ2) is 5.13. The van der Waals surface area contributed by atoms with Gasteiger partial charge in [-0.3, -0.25) is 14.3 Å². The van der Waals surface area contributed by atoms with Crippen LogP contribution in [0.1, 0.15) is 15.6 Å². The van der Waals surface area contributed by atoms with E-state index in [1.54, 1.807) is 40.7 Å². The Hall–Kier alpha value is -2.08. The van der Waals surface area contributed by atoms with Gasteiger partial charge in [0.25, 0.3) is 5.56 Å². The van der Waals surface area contributed by atoms with Crippen molar-refractivity contribution in [2.45, 2.75) is 26.8 Å². The number of thiazole rings is 1. The molecule has 0 N–H and O–H groups in total. The Kier molecular flexibility index (Phi) is 3.31. The van der Waals surface area contributed by atoms with Crippen LogP contribution in [0, 0.1) is 13.8 Å². The summed E-state index contributed by atoms with van der Waals surface area (Å²) >= 11 is 1.69. The van der Waals surface area contributed by atoms with Crippen molar-refractivity contribution < 1.29 is 0 Å². The van der Waals surface area contributed by atoms with Crippen LogP contribution in [-0.4, -0.2) is 19.5 Å². The molecule has 6 heteroatoms. The Bertz CT molecular complexity index is 802. The zero-order valence-corrected chi connectivity index (χ0v) is 12.1. The predicted molar refractivity (Wildman–Crippen MR) is 79.1 cm³/mol. The molecule has 0 aliphatic carbocycles. The molecule has 0 amide bonds. The van der Waals surface area contributed by atoms with Gasteiger partial charge in [0, 0.05) is 24.0 Å². The molecule has 102 valence electrons. The number of nitrogens with zero attached hydrogens (tertiary/aromatic N) is 4. The normalized spacial score (nSPS) is 11.1. The third-order valence-corrected chi connectivity index (χ3v) is 4.40. The van der Waals surface area contributed by atoms with E-state index in [-0.39, 0.29) is 5.56 Å². The van der Waals surface area contributed by atoms with E-state index in [1.807, 2.05) is 6.92 Å². The quantitative estimate of drug-likeness (QED) is 0.740. The Balaban J connectivity index is 1.88. The van der Waals surface area contributed by atoms with Gasteiger partial charge >= 0.3 is 0 Å². The summed E-state index contributed by atoms with van der Waals surface area (Å²) < 4.78 is 1.63. The topological polar surface area (TPSA) is 60.7 Å². The second-order valence-electron chi connectivity index (χ2n) is 4.64. The highest BCUT2D eigenvalue weighted by Crippen LogP contribution is 2.17. The summed E-state index contributed by atoms with van der Waals surface area (Å²) in [6.07, 6.45) is 5.55. The summed E-state index contributed by atoms with van der Waals surface area (Å²) in [6.45, 7) is 4.66. The van der Waals surface area contributed by atoms with Crippen LogP contribution < -0.4 is 5.56 Å². The average Bonchev–Trinajstić information content (AvgIpc) is 2.77. The highest BCUT2D eigenvalue weighted by atomic mass is 32.1. The molecule has 0 unspecified atom stereocenters. The van der Waals surface area contributed by atoms with E-state index in [0.717, 1.165) is 17.1 Å². The first kappa shape index (κ1) is 12.9. The molecular formula is C14H14N4OS. The first-order valence-corrected chi connectivity index (χ1v) is 7.19. The number of aryl methyl sites for hydroxylation is 4. The van der Waals surface area contributed by atoms with Crippen LogP contribution in [0.2, 0.25) is 0 Å². The Morgan fingerprint density at radius 2 is 2.20 bits per heavy atom. The lowest BCUT2D eigenvalue weighted by molar-refractivity contribution is 0.660. The van der Waals surface area contributed by atoms with Crippen molar-refractivity contribution in [3.63, 3.8) is 0 Å². The maximum Gasteiger partial charge on any atom is 0.261 e. The fourth-order valence-electron chi connectivity index (χ4n) is 2.03. The lowest BCUT2D eigenvalue weighted by Crippen LogP contribution is -2.21. The molecule has 5 nitrogen and oxygen atoms in total. The lowest BCUT2D eigenvalue weighted by Gasteiger charge is -2.04. The van der Waals surface area contributed by atoms with Gasteiger partial charge in [-0.2, -0.15) is 0 Å². The zero-order chi connectivity index (χ0) is 14.1. The Morgan fingerprint density at radius 3 is 2.95 bits per heavy atom. The molecule has 20 heavy (non-hydrogen) atoms. The number of pyridine rings is 1. The van der Waals surface area contributed by atoms with Crippen molar-refractivity contribution in [1.29, 1.82) is 0 Å². The first-order chi connectivity index (χ1) is 9.65. The van der Waals surface area contributed by atoms with Crippen LogP contribution in [0.3, 0.4) is 0 Å². The van der Waals surface area contributed by atoms with Gasteiger partial charge < -0.3 is 0 Å². The minimum absolute atomic E-state index is 0.0256. The molecule has 0 radical (unpaired) electrons. The molecule has 3 rings (SSSR count). The highest BCUT2D eigenvalue weighted by molar-refractivity contribution is 7.11. The summed E-state index contributed by atoms with van der Waals surface area (Å²) in [6, 6.07) is 1.71. The molecule has 3 aromatic heterocycles. The van der Waals surface area contributed by atoms with Gasteiger partial charge in [-0.05, 0) is 19.9 Å². The van der Waals surface area contributed by atoms with E-state index in [2.05, 4.69) is 21.9 Å². The molecule has 0 saturated heterocycles. The predicted octanol–water partition coefficient (Wildman–Crippen LogP) is 2.11. The van der Waals surface area contributed by atoms with Crippen molar-refractivity contribution in [2.24, 2.45) is 0 Å².